The van der Waals surface area contributed by atoms with Crippen molar-refractivity contribution in [1.29, 1.82) is 0 Å². The SMILES string of the molecule is O=C(CCc1nc2ccccc2c(=O)[nH]1)Nc1ccc2[nH]ncc2c1. The molecular weight excluding hydrogens is 318 g/mol. The van der Waals surface area contributed by atoms with Gasteiger partial charge >= 0.3 is 0 Å². The van der Waals surface area contributed by atoms with Gasteiger partial charge in [0.05, 0.1) is 22.6 Å². The summed E-state index contributed by atoms with van der Waals surface area (Å²) < 4.78 is 0. The first-order valence-corrected chi connectivity index (χ1v) is 7.90. The number of para-hydroxylation sites is 1. The Labute approximate surface area is 142 Å². The Kier molecular flexibility index (Phi) is 3.74. The van der Waals surface area contributed by atoms with Crippen molar-refractivity contribution in [3.8, 4) is 0 Å². The van der Waals surface area contributed by atoms with E-state index in [0.29, 0.717) is 28.8 Å². The fourth-order valence-electron chi connectivity index (χ4n) is 2.73. The van der Waals surface area contributed by atoms with E-state index in [1.54, 1.807) is 24.4 Å². The van der Waals surface area contributed by atoms with Gasteiger partial charge < -0.3 is 10.3 Å². The van der Waals surface area contributed by atoms with E-state index < -0.39 is 0 Å². The van der Waals surface area contributed by atoms with Crippen LogP contribution in [0.25, 0.3) is 21.8 Å². The van der Waals surface area contributed by atoms with E-state index in [0.717, 1.165) is 10.9 Å². The monoisotopic (exact) mass is 333 g/mol. The van der Waals surface area contributed by atoms with Crippen LogP contribution < -0.4 is 10.9 Å². The number of H-pyrrole nitrogens is 2. The second-order valence-electron chi connectivity index (χ2n) is 5.75. The zero-order valence-corrected chi connectivity index (χ0v) is 13.2. The van der Waals surface area contributed by atoms with Gasteiger partial charge in [-0.1, -0.05) is 12.1 Å². The Morgan fingerprint density at radius 3 is 2.96 bits per heavy atom. The molecule has 4 aromatic rings. The maximum atomic E-state index is 12.2. The van der Waals surface area contributed by atoms with Crippen LogP contribution in [0.5, 0.6) is 0 Å². The highest BCUT2D eigenvalue weighted by Crippen LogP contribution is 2.17. The van der Waals surface area contributed by atoms with Gasteiger partial charge in [0, 0.05) is 23.9 Å². The number of amides is 1. The molecule has 0 unspecified atom stereocenters. The fraction of sp³-hybridized carbons (Fsp3) is 0.111. The second kappa shape index (κ2) is 6.20. The number of hydrogen-bond acceptors (Lipinski definition) is 4. The molecule has 3 N–H and O–H groups in total. The predicted molar refractivity (Wildman–Crippen MR) is 95.4 cm³/mol. The Balaban J connectivity index is 1.45. The molecule has 124 valence electrons. The maximum Gasteiger partial charge on any atom is 0.258 e. The van der Waals surface area contributed by atoms with Crippen molar-refractivity contribution in [3.63, 3.8) is 0 Å². The third-order valence-corrected chi connectivity index (χ3v) is 3.97. The molecule has 0 saturated heterocycles. The summed E-state index contributed by atoms with van der Waals surface area (Å²) in [5.74, 6) is 0.364. The van der Waals surface area contributed by atoms with E-state index in [-0.39, 0.29) is 17.9 Å². The zero-order valence-electron chi connectivity index (χ0n) is 13.2. The molecule has 2 heterocycles. The Morgan fingerprint density at radius 1 is 1.16 bits per heavy atom. The summed E-state index contributed by atoms with van der Waals surface area (Å²) in [7, 11) is 0. The molecule has 0 bridgehead atoms. The molecule has 0 aliphatic carbocycles. The van der Waals surface area contributed by atoms with Crippen LogP contribution in [-0.4, -0.2) is 26.1 Å². The van der Waals surface area contributed by atoms with Gasteiger partial charge in [0.2, 0.25) is 5.91 Å². The van der Waals surface area contributed by atoms with Crippen molar-refractivity contribution in [2.75, 3.05) is 5.32 Å². The van der Waals surface area contributed by atoms with Crippen molar-refractivity contribution >= 4 is 33.4 Å². The number of carbonyl (C=O) groups is 1. The highest BCUT2D eigenvalue weighted by Gasteiger charge is 2.08. The van der Waals surface area contributed by atoms with Crippen molar-refractivity contribution in [3.05, 3.63) is 64.8 Å². The molecule has 7 nitrogen and oxygen atoms in total. The molecule has 0 saturated carbocycles. The summed E-state index contributed by atoms with van der Waals surface area (Å²) in [6, 6.07) is 12.7. The minimum Gasteiger partial charge on any atom is -0.326 e. The molecule has 0 atom stereocenters. The summed E-state index contributed by atoms with van der Waals surface area (Å²) in [6.07, 6.45) is 2.29. The van der Waals surface area contributed by atoms with Crippen LogP contribution in [0, 0.1) is 0 Å². The average Bonchev–Trinajstić information content (AvgIpc) is 3.08. The number of hydrogen-bond donors (Lipinski definition) is 3. The van der Waals surface area contributed by atoms with Crippen LogP contribution in [0.1, 0.15) is 12.2 Å². The van der Waals surface area contributed by atoms with Crippen molar-refractivity contribution in [2.24, 2.45) is 0 Å². The highest BCUT2D eigenvalue weighted by molar-refractivity contribution is 5.93. The number of aryl methyl sites for hydroxylation is 1. The van der Waals surface area contributed by atoms with E-state index in [2.05, 4.69) is 25.5 Å². The first-order valence-electron chi connectivity index (χ1n) is 7.90. The topological polar surface area (TPSA) is 104 Å². The van der Waals surface area contributed by atoms with Crippen LogP contribution in [0.3, 0.4) is 0 Å². The van der Waals surface area contributed by atoms with Crippen LogP contribution in [-0.2, 0) is 11.2 Å². The molecule has 0 fully saturated rings. The number of fused-ring (bicyclic) bond motifs is 2. The van der Waals surface area contributed by atoms with Crippen LogP contribution in [0.2, 0.25) is 0 Å². The number of rotatable bonds is 4. The van der Waals surface area contributed by atoms with Gasteiger partial charge in [-0.25, -0.2) is 4.98 Å². The molecule has 0 radical (unpaired) electrons. The number of anilines is 1. The third-order valence-electron chi connectivity index (χ3n) is 3.97. The largest absolute Gasteiger partial charge is 0.326 e. The first kappa shape index (κ1) is 15.1. The predicted octanol–water partition coefficient (Wildman–Crippen LogP) is 2.37. The fourth-order valence-corrected chi connectivity index (χ4v) is 2.73. The Hall–Kier alpha value is -3.48. The quantitative estimate of drug-likeness (QED) is 0.533. The maximum absolute atomic E-state index is 12.2. The summed E-state index contributed by atoms with van der Waals surface area (Å²) in [5.41, 5.74) is 2.06. The van der Waals surface area contributed by atoms with Crippen molar-refractivity contribution in [2.45, 2.75) is 12.8 Å². The number of carbonyl (C=O) groups excluding carboxylic acids is 1. The van der Waals surface area contributed by atoms with Crippen LogP contribution >= 0.6 is 0 Å². The molecule has 2 aromatic carbocycles. The van der Waals surface area contributed by atoms with Gasteiger partial charge in [-0.15, -0.1) is 0 Å². The third kappa shape index (κ3) is 3.12. The lowest BCUT2D eigenvalue weighted by atomic mass is 10.2. The van der Waals surface area contributed by atoms with Crippen molar-refractivity contribution < 1.29 is 4.79 Å². The van der Waals surface area contributed by atoms with Gasteiger partial charge in [0.1, 0.15) is 5.82 Å². The van der Waals surface area contributed by atoms with Gasteiger partial charge in [0.25, 0.3) is 5.56 Å². The Bertz CT molecular complexity index is 1130. The summed E-state index contributed by atoms with van der Waals surface area (Å²) >= 11 is 0. The summed E-state index contributed by atoms with van der Waals surface area (Å²) in [6.45, 7) is 0. The lowest BCUT2D eigenvalue weighted by Gasteiger charge is -2.06. The van der Waals surface area contributed by atoms with Crippen LogP contribution in [0.15, 0.2) is 53.5 Å². The average molecular weight is 333 g/mol. The van der Waals surface area contributed by atoms with Gasteiger partial charge in [-0.2, -0.15) is 5.10 Å². The Morgan fingerprint density at radius 2 is 2.04 bits per heavy atom. The van der Waals surface area contributed by atoms with Gasteiger partial charge in [-0.3, -0.25) is 14.7 Å². The first-order chi connectivity index (χ1) is 12.2. The van der Waals surface area contributed by atoms with Gasteiger partial charge in [-0.05, 0) is 30.3 Å². The molecule has 0 spiro atoms. The molecule has 2 aromatic heterocycles. The lowest BCUT2D eigenvalue weighted by molar-refractivity contribution is -0.116. The van der Waals surface area contributed by atoms with Gasteiger partial charge in [0.15, 0.2) is 0 Å². The smallest absolute Gasteiger partial charge is 0.258 e. The number of nitrogens with one attached hydrogen (secondary N) is 3. The van der Waals surface area contributed by atoms with E-state index in [4.69, 9.17) is 0 Å². The molecule has 4 rings (SSSR count). The lowest BCUT2D eigenvalue weighted by Crippen LogP contribution is -2.16. The molecule has 1 amide bonds. The summed E-state index contributed by atoms with van der Waals surface area (Å²) in [5, 5.41) is 11.1. The highest BCUT2D eigenvalue weighted by atomic mass is 16.1. The van der Waals surface area contributed by atoms with Crippen molar-refractivity contribution in [1.82, 2.24) is 20.2 Å². The molecule has 25 heavy (non-hydrogen) atoms. The van der Waals surface area contributed by atoms with E-state index in [1.165, 1.54) is 0 Å². The summed E-state index contributed by atoms with van der Waals surface area (Å²) in [4.78, 5) is 31.3. The molecule has 0 aliphatic heterocycles. The number of nitrogens with zero attached hydrogens (tertiary/aromatic N) is 2. The zero-order chi connectivity index (χ0) is 17.2. The minimum absolute atomic E-state index is 0.140. The standard InChI is InChI=1S/C18H15N5O2/c24-17(20-12-5-6-14-11(9-12)10-19-23-14)8-7-16-21-15-4-2-1-3-13(15)18(25)22-16/h1-6,9-10H,7-8H2,(H,19,23)(H,20,24)(H,21,22,25). The normalized spacial score (nSPS) is 11.0. The van der Waals surface area contributed by atoms with E-state index >= 15 is 0 Å². The number of benzene rings is 2. The minimum atomic E-state index is -0.189. The molecule has 0 aliphatic rings. The van der Waals surface area contributed by atoms with E-state index in [9.17, 15) is 9.59 Å². The molecule has 7 heteroatoms. The second-order valence-corrected chi connectivity index (χ2v) is 5.75. The van der Waals surface area contributed by atoms with E-state index in [1.807, 2.05) is 24.3 Å². The molecular formula is C18H15N5O2. The van der Waals surface area contributed by atoms with Crippen LogP contribution in [0.4, 0.5) is 5.69 Å². The number of aromatic nitrogens is 4. The number of aromatic amines is 2.